The van der Waals surface area contributed by atoms with E-state index in [2.05, 4.69) is 16.4 Å². The zero-order chi connectivity index (χ0) is 15.3. The lowest BCUT2D eigenvalue weighted by atomic mass is 9.96. The highest BCUT2D eigenvalue weighted by molar-refractivity contribution is 5.84. The summed E-state index contributed by atoms with van der Waals surface area (Å²) in [6.07, 6.45) is 2.29. The number of aromatic nitrogens is 1. The van der Waals surface area contributed by atoms with E-state index in [4.69, 9.17) is 4.74 Å². The Kier molecular flexibility index (Phi) is 4.77. The van der Waals surface area contributed by atoms with Crippen LogP contribution in [0.1, 0.15) is 27.2 Å². The number of pyridine rings is 1. The van der Waals surface area contributed by atoms with Gasteiger partial charge in [0.2, 0.25) is 0 Å². The highest BCUT2D eigenvalue weighted by Gasteiger charge is 2.26. The monoisotopic (exact) mass is 283 g/mol. The van der Waals surface area contributed by atoms with Crippen molar-refractivity contribution < 1.29 is 4.74 Å². The number of nitrogens with zero attached hydrogens (tertiary/aromatic N) is 2. The van der Waals surface area contributed by atoms with Crippen molar-refractivity contribution >= 4 is 10.9 Å². The third kappa shape index (κ3) is 3.71. The van der Waals surface area contributed by atoms with Gasteiger partial charge in [0, 0.05) is 18.0 Å². The van der Waals surface area contributed by atoms with Crippen molar-refractivity contribution in [1.29, 1.82) is 5.26 Å². The number of nitrogens with one attached hydrogen (secondary N) is 1. The minimum atomic E-state index is -0.577. The quantitative estimate of drug-likeness (QED) is 0.884. The third-order valence-corrected chi connectivity index (χ3v) is 3.43. The second-order valence-electron chi connectivity index (χ2n) is 5.44. The molecule has 1 N–H and O–H groups in total. The van der Waals surface area contributed by atoms with E-state index >= 15 is 0 Å². The smallest absolute Gasteiger partial charge is 0.145 e. The molecule has 1 aromatic heterocycles. The molecule has 0 fully saturated rings. The van der Waals surface area contributed by atoms with Crippen molar-refractivity contribution in [2.75, 3.05) is 6.54 Å². The number of ether oxygens (including phenoxy) is 1. The van der Waals surface area contributed by atoms with Gasteiger partial charge in [-0.1, -0.05) is 25.1 Å². The summed E-state index contributed by atoms with van der Waals surface area (Å²) in [6.45, 7) is 6.63. The molecule has 0 aliphatic rings. The molecule has 110 valence electrons. The number of hydrogen-bond acceptors (Lipinski definition) is 4. The van der Waals surface area contributed by atoms with Crippen LogP contribution in [0.2, 0.25) is 0 Å². The Hall–Kier alpha value is -2.12. The lowest BCUT2D eigenvalue weighted by Crippen LogP contribution is -2.44. The van der Waals surface area contributed by atoms with Crippen LogP contribution in [0.3, 0.4) is 0 Å². The predicted octanol–water partition coefficient (Wildman–Crippen LogP) is 3.28. The molecule has 2 aromatic rings. The standard InChI is InChI=1S/C17H21N3O/c1-4-20-17(3,12-18)11-13(2)21-15-9-5-7-14-8-6-10-19-16(14)15/h5-10,13,20H,4,11H2,1-3H3. The van der Waals surface area contributed by atoms with Gasteiger partial charge >= 0.3 is 0 Å². The van der Waals surface area contributed by atoms with Crippen molar-refractivity contribution in [3.05, 3.63) is 36.5 Å². The molecule has 0 aliphatic carbocycles. The van der Waals surface area contributed by atoms with Gasteiger partial charge in [0.05, 0.1) is 12.2 Å². The zero-order valence-electron chi connectivity index (χ0n) is 12.8. The SMILES string of the molecule is CCNC(C)(C#N)CC(C)Oc1cccc2cccnc12. The molecule has 0 bridgehead atoms. The Morgan fingerprint density at radius 2 is 2.14 bits per heavy atom. The number of rotatable bonds is 6. The van der Waals surface area contributed by atoms with E-state index in [1.807, 2.05) is 51.1 Å². The number of para-hydroxylation sites is 1. The molecule has 2 unspecified atom stereocenters. The van der Waals surface area contributed by atoms with Crippen LogP contribution in [-0.2, 0) is 0 Å². The molecule has 0 spiro atoms. The van der Waals surface area contributed by atoms with Crippen LogP contribution in [0.4, 0.5) is 0 Å². The molecule has 2 rings (SSSR count). The van der Waals surface area contributed by atoms with E-state index in [0.29, 0.717) is 6.42 Å². The molecule has 21 heavy (non-hydrogen) atoms. The third-order valence-electron chi connectivity index (χ3n) is 3.43. The van der Waals surface area contributed by atoms with E-state index in [9.17, 15) is 5.26 Å². The number of nitriles is 1. The van der Waals surface area contributed by atoms with Crippen LogP contribution in [0.5, 0.6) is 5.75 Å². The molecule has 4 heteroatoms. The molecule has 0 saturated heterocycles. The molecular weight excluding hydrogens is 262 g/mol. The topological polar surface area (TPSA) is 57.9 Å². The Labute approximate surface area is 125 Å². The van der Waals surface area contributed by atoms with Gasteiger partial charge in [-0.2, -0.15) is 5.26 Å². The minimum Gasteiger partial charge on any atom is -0.488 e. The highest BCUT2D eigenvalue weighted by Crippen LogP contribution is 2.25. The fourth-order valence-electron chi connectivity index (χ4n) is 2.55. The summed E-state index contributed by atoms with van der Waals surface area (Å²) < 4.78 is 6.02. The lowest BCUT2D eigenvalue weighted by molar-refractivity contribution is 0.182. The molecule has 0 radical (unpaired) electrons. The number of hydrogen-bond donors (Lipinski definition) is 1. The fraction of sp³-hybridized carbons (Fsp3) is 0.412. The lowest BCUT2D eigenvalue weighted by Gasteiger charge is -2.26. The molecule has 1 aromatic carbocycles. The first-order valence-corrected chi connectivity index (χ1v) is 7.24. The van der Waals surface area contributed by atoms with Gasteiger partial charge in [-0.25, -0.2) is 0 Å². The average Bonchev–Trinajstić information content (AvgIpc) is 2.48. The van der Waals surface area contributed by atoms with Gasteiger partial charge in [0.1, 0.15) is 16.8 Å². The number of fused-ring (bicyclic) bond motifs is 1. The molecule has 0 aliphatic heterocycles. The van der Waals surface area contributed by atoms with Crippen LogP contribution >= 0.6 is 0 Å². The Balaban J connectivity index is 2.15. The van der Waals surface area contributed by atoms with E-state index in [0.717, 1.165) is 23.2 Å². The maximum absolute atomic E-state index is 9.32. The van der Waals surface area contributed by atoms with Gasteiger partial charge in [0.15, 0.2) is 0 Å². The molecule has 4 nitrogen and oxygen atoms in total. The van der Waals surface area contributed by atoms with Gasteiger partial charge in [-0.15, -0.1) is 0 Å². The second kappa shape index (κ2) is 6.55. The Morgan fingerprint density at radius 1 is 1.38 bits per heavy atom. The molecule has 1 heterocycles. The first-order valence-electron chi connectivity index (χ1n) is 7.24. The minimum absolute atomic E-state index is 0.0821. The van der Waals surface area contributed by atoms with Crippen LogP contribution in [-0.4, -0.2) is 23.2 Å². The summed E-state index contributed by atoms with van der Waals surface area (Å²) in [5.74, 6) is 0.761. The van der Waals surface area contributed by atoms with E-state index in [-0.39, 0.29) is 6.10 Å². The zero-order valence-corrected chi connectivity index (χ0v) is 12.8. The van der Waals surface area contributed by atoms with E-state index in [1.54, 1.807) is 6.20 Å². The van der Waals surface area contributed by atoms with Crippen LogP contribution in [0.25, 0.3) is 10.9 Å². The average molecular weight is 283 g/mol. The van der Waals surface area contributed by atoms with E-state index in [1.165, 1.54) is 0 Å². The number of benzene rings is 1. The maximum atomic E-state index is 9.32. The van der Waals surface area contributed by atoms with Crippen LogP contribution in [0, 0.1) is 11.3 Å². The normalized spacial score (nSPS) is 15.1. The first kappa shape index (κ1) is 15.3. The summed E-state index contributed by atoms with van der Waals surface area (Å²) >= 11 is 0. The summed E-state index contributed by atoms with van der Waals surface area (Å²) in [6, 6.07) is 12.1. The van der Waals surface area contributed by atoms with Crippen molar-refractivity contribution in [3.63, 3.8) is 0 Å². The summed E-state index contributed by atoms with van der Waals surface area (Å²) in [4.78, 5) is 4.38. The molecule has 2 atom stereocenters. The second-order valence-corrected chi connectivity index (χ2v) is 5.44. The van der Waals surface area contributed by atoms with Crippen molar-refractivity contribution in [3.8, 4) is 11.8 Å². The van der Waals surface area contributed by atoms with Crippen molar-refractivity contribution in [2.45, 2.75) is 38.8 Å². The van der Waals surface area contributed by atoms with Gasteiger partial charge in [-0.3, -0.25) is 10.3 Å². The molecule has 0 amide bonds. The highest BCUT2D eigenvalue weighted by atomic mass is 16.5. The Bertz CT molecular complexity index is 645. The fourth-order valence-corrected chi connectivity index (χ4v) is 2.55. The Morgan fingerprint density at radius 3 is 2.86 bits per heavy atom. The summed E-state index contributed by atoms with van der Waals surface area (Å²) in [5, 5.41) is 13.6. The maximum Gasteiger partial charge on any atom is 0.145 e. The summed E-state index contributed by atoms with van der Waals surface area (Å²) in [5.41, 5.74) is 0.278. The van der Waals surface area contributed by atoms with Crippen molar-refractivity contribution in [1.82, 2.24) is 10.3 Å². The first-order chi connectivity index (χ1) is 10.1. The van der Waals surface area contributed by atoms with Gasteiger partial charge in [0.25, 0.3) is 0 Å². The summed E-state index contributed by atoms with van der Waals surface area (Å²) in [7, 11) is 0. The van der Waals surface area contributed by atoms with Crippen LogP contribution in [0.15, 0.2) is 36.5 Å². The van der Waals surface area contributed by atoms with Crippen LogP contribution < -0.4 is 10.1 Å². The molecular formula is C17H21N3O. The largest absolute Gasteiger partial charge is 0.488 e. The van der Waals surface area contributed by atoms with Crippen molar-refractivity contribution in [2.24, 2.45) is 0 Å². The van der Waals surface area contributed by atoms with Gasteiger partial charge in [-0.05, 0) is 32.5 Å². The van der Waals surface area contributed by atoms with E-state index < -0.39 is 5.54 Å². The molecule has 0 saturated carbocycles. The predicted molar refractivity (Wildman–Crippen MR) is 84.1 cm³/mol. The van der Waals surface area contributed by atoms with Gasteiger partial charge < -0.3 is 4.74 Å².